The molecule has 2 bridgehead atoms. The molecule has 6 aliphatic rings. The standard InChI is InChI=1S/C39H45N3O11S/c1-17-10-21-12-26(45)42-23-14-50-38(47)39(22-13-25(48-6)24(44)11-20(22)8-9-40-39)15-54-37(31(42)30(41(4)5)27(21)32(46)33(17)49-7)29-28(23)36-35(51-16-52-36)18(2)34(29)53-19(3)43/h10-11,13,23,26,30-31,37,40,44-46H,8-9,12,14-16H2,1-7H3/t23?,26?,30?,31-,37-,39-/m1/s1. The van der Waals surface area contributed by atoms with E-state index in [-0.39, 0.29) is 42.8 Å². The third-order valence-corrected chi connectivity index (χ3v) is 13.0. The number of esters is 2. The molecule has 0 saturated carbocycles. The molecule has 4 N–H and O–H groups in total. The Hall–Kier alpha value is -4.41. The second-order valence-electron chi connectivity index (χ2n) is 14.7. The summed E-state index contributed by atoms with van der Waals surface area (Å²) in [5.41, 5.74) is 3.97. The van der Waals surface area contributed by atoms with Crippen molar-refractivity contribution >= 4 is 23.7 Å². The van der Waals surface area contributed by atoms with E-state index >= 15 is 0 Å². The number of hydrogen-bond acceptors (Lipinski definition) is 15. The van der Waals surface area contributed by atoms with Gasteiger partial charge in [-0.05, 0) is 68.8 Å². The molecular weight excluding hydrogens is 719 g/mol. The van der Waals surface area contributed by atoms with E-state index in [2.05, 4.69) is 5.32 Å². The number of nitrogens with one attached hydrogen (secondary N) is 1. The van der Waals surface area contributed by atoms with Gasteiger partial charge in [0.1, 0.15) is 18.6 Å². The number of fused-ring (bicyclic) bond motifs is 6. The number of methoxy groups -OCH3 is 2. The van der Waals surface area contributed by atoms with E-state index in [0.29, 0.717) is 63.8 Å². The minimum absolute atomic E-state index is 0.0156. The molecule has 6 atom stereocenters. The molecule has 288 valence electrons. The van der Waals surface area contributed by atoms with Gasteiger partial charge in [0, 0.05) is 53.9 Å². The van der Waals surface area contributed by atoms with Crippen molar-refractivity contribution in [1.29, 1.82) is 0 Å². The van der Waals surface area contributed by atoms with Gasteiger partial charge in [-0.25, -0.2) is 4.79 Å². The number of aliphatic hydroxyl groups excluding tert-OH is 1. The Kier molecular flexibility index (Phi) is 9.08. The molecule has 0 aliphatic carbocycles. The maximum Gasteiger partial charge on any atom is 0.331 e. The van der Waals surface area contributed by atoms with Crippen molar-refractivity contribution in [3.63, 3.8) is 0 Å². The number of phenols is 2. The van der Waals surface area contributed by atoms with Crippen molar-refractivity contribution in [2.24, 2.45) is 0 Å². The highest BCUT2D eigenvalue weighted by Crippen LogP contribution is 2.63. The van der Waals surface area contributed by atoms with Crippen LogP contribution in [0.5, 0.6) is 40.2 Å². The topological polar surface area (TPSA) is 169 Å². The number of aryl methyl sites for hydroxylation is 1. The van der Waals surface area contributed by atoms with Crippen LogP contribution in [0.25, 0.3) is 0 Å². The van der Waals surface area contributed by atoms with Crippen LogP contribution in [0.4, 0.5) is 0 Å². The number of nitrogens with zero attached hydrogens (tertiary/aromatic N) is 2. The molecule has 3 aromatic carbocycles. The normalized spacial score (nSPS) is 27.0. The van der Waals surface area contributed by atoms with Gasteiger partial charge in [0.25, 0.3) is 0 Å². The highest BCUT2D eigenvalue weighted by molar-refractivity contribution is 7.99. The number of phenolic OH excluding ortho intramolecular Hbond substituents is 2. The van der Waals surface area contributed by atoms with Gasteiger partial charge in [-0.2, -0.15) is 0 Å². The first-order chi connectivity index (χ1) is 25.8. The van der Waals surface area contributed by atoms with Crippen LogP contribution in [0, 0.1) is 13.8 Å². The molecule has 54 heavy (non-hydrogen) atoms. The summed E-state index contributed by atoms with van der Waals surface area (Å²) in [5, 5.41) is 38.1. The zero-order valence-electron chi connectivity index (χ0n) is 31.3. The lowest BCUT2D eigenvalue weighted by Gasteiger charge is -2.53. The fourth-order valence-corrected chi connectivity index (χ4v) is 11.1. The van der Waals surface area contributed by atoms with Crippen LogP contribution in [0.2, 0.25) is 0 Å². The van der Waals surface area contributed by atoms with Crippen LogP contribution in [0.1, 0.15) is 68.8 Å². The number of ether oxygens (including phenoxy) is 6. The van der Waals surface area contributed by atoms with Gasteiger partial charge in [-0.15, -0.1) is 11.8 Å². The Morgan fingerprint density at radius 1 is 1.02 bits per heavy atom. The summed E-state index contributed by atoms with van der Waals surface area (Å²) >= 11 is 1.45. The van der Waals surface area contributed by atoms with Crippen LogP contribution in [0.15, 0.2) is 18.2 Å². The van der Waals surface area contributed by atoms with E-state index in [1.165, 1.54) is 32.9 Å². The number of aromatic hydroxyl groups is 2. The summed E-state index contributed by atoms with van der Waals surface area (Å²) < 4.78 is 35.9. The number of carbonyl (C=O) groups is 2. The van der Waals surface area contributed by atoms with E-state index in [9.17, 15) is 24.9 Å². The van der Waals surface area contributed by atoms with Crippen molar-refractivity contribution in [2.45, 2.75) is 68.8 Å². The quantitative estimate of drug-likeness (QED) is 0.224. The molecule has 1 saturated heterocycles. The zero-order chi connectivity index (χ0) is 38.4. The van der Waals surface area contributed by atoms with Gasteiger partial charge in [0.2, 0.25) is 6.79 Å². The molecule has 3 aromatic rings. The van der Waals surface area contributed by atoms with Crippen LogP contribution in [0.3, 0.4) is 0 Å². The molecule has 0 amide bonds. The first kappa shape index (κ1) is 36.6. The van der Waals surface area contributed by atoms with Crippen LogP contribution in [-0.2, 0) is 32.7 Å². The third kappa shape index (κ3) is 5.30. The monoisotopic (exact) mass is 763 g/mol. The summed E-state index contributed by atoms with van der Waals surface area (Å²) in [6.45, 7) is 5.17. The Labute approximate surface area is 317 Å². The fraction of sp³-hybridized carbons (Fsp3) is 0.487. The van der Waals surface area contributed by atoms with E-state index in [1.807, 2.05) is 43.8 Å². The minimum Gasteiger partial charge on any atom is -0.504 e. The Bertz CT molecular complexity index is 2070. The Balaban J connectivity index is 1.43. The molecule has 0 radical (unpaired) electrons. The molecule has 0 aromatic heterocycles. The van der Waals surface area contributed by atoms with Gasteiger partial charge in [0.05, 0.1) is 31.6 Å². The van der Waals surface area contributed by atoms with Crippen molar-refractivity contribution in [1.82, 2.24) is 15.1 Å². The van der Waals surface area contributed by atoms with Crippen molar-refractivity contribution in [3.8, 4) is 40.2 Å². The highest BCUT2D eigenvalue weighted by Gasteiger charge is 2.57. The fourth-order valence-electron chi connectivity index (χ4n) is 9.37. The molecule has 14 nitrogen and oxygen atoms in total. The molecule has 9 rings (SSSR count). The number of hydrogen-bond donors (Lipinski definition) is 4. The second kappa shape index (κ2) is 13.4. The first-order valence-corrected chi connectivity index (χ1v) is 19.0. The summed E-state index contributed by atoms with van der Waals surface area (Å²) in [6.07, 6.45) is -0.407. The number of likely N-dealkylation sites (N-methyl/N-ethyl adjacent to an activating group) is 1. The zero-order valence-corrected chi connectivity index (χ0v) is 32.1. The van der Waals surface area contributed by atoms with Crippen molar-refractivity contribution in [2.75, 3.05) is 54.0 Å². The smallest absolute Gasteiger partial charge is 0.331 e. The Morgan fingerprint density at radius 2 is 1.78 bits per heavy atom. The third-order valence-electron chi connectivity index (χ3n) is 11.5. The number of rotatable bonds is 4. The molecule has 3 unspecified atom stereocenters. The van der Waals surface area contributed by atoms with E-state index in [1.54, 1.807) is 12.1 Å². The molecule has 6 heterocycles. The predicted octanol–water partition coefficient (Wildman–Crippen LogP) is 3.66. The lowest BCUT2D eigenvalue weighted by atomic mass is 9.80. The average Bonchev–Trinajstić information content (AvgIpc) is 3.57. The van der Waals surface area contributed by atoms with Gasteiger partial charge in [-0.1, -0.05) is 6.07 Å². The maximum absolute atomic E-state index is 14.7. The lowest BCUT2D eigenvalue weighted by Crippen LogP contribution is -2.60. The van der Waals surface area contributed by atoms with Gasteiger partial charge >= 0.3 is 11.9 Å². The van der Waals surface area contributed by atoms with Crippen LogP contribution in [-0.4, -0.2) is 103 Å². The summed E-state index contributed by atoms with van der Waals surface area (Å²) in [6, 6.07) is 3.27. The van der Waals surface area contributed by atoms with Gasteiger partial charge in [-0.3, -0.25) is 15.0 Å². The van der Waals surface area contributed by atoms with Crippen molar-refractivity contribution in [3.05, 3.63) is 62.7 Å². The average molecular weight is 764 g/mol. The number of thioether (sulfide) groups is 1. The first-order valence-electron chi connectivity index (χ1n) is 17.9. The van der Waals surface area contributed by atoms with E-state index in [0.717, 1.165) is 16.7 Å². The summed E-state index contributed by atoms with van der Waals surface area (Å²) in [7, 11) is 6.82. The second-order valence-corrected chi connectivity index (χ2v) is 15.9. The molecule has 1 spiro atoms. The highest BCUT2D eigenvalue weighted by atomic mass is 32.2. The summed E-state index contributed by atoms with van der Waals surface area (Å²) in [5.74, 6) is 0.776. The van der Waals surface area contributed by atoms with Gasteiger partial charge < -0.3 is 48.6 Å². The van der Waals surface area contributed by atoms with Crippen LogP contribution >= 0.6 is 11.8 Å². The maximum atomic E-state index is 14.7. The van der Waals surface area contributed by atoms with E-state index < -0.39 is 47.1 Å². The SMILES string of the molecule is COc1cc2c(cc1O)CCN[C@]21CS[C@@H]2c3c(OC(C)=O)c(C)c4c(c3C(COC1=O)N1C(O)Cc3cc(C)c(OC)c(O)c3C(N(C)C)[C@H]21)OCO4. The molecule has 1 fully saturated rings. The van der Waals surface area contributed by atoms with Crippen LogP contribution < -0.4 is 29.0 Å². The number of carbonyl (C=O) groups excluding carboxylic acids is 2. The lowest BCUT2D eigenvalue weighted by molar-refractivity contribution is -0.158. The van der Waals surface area contributed by atoms with Gasteiger partial charge in [0.15, 0.2) is 40.0 Å². The number of aliphatic hydroxyl groups is 1. The largest absolute Gasteiger partial charge is 0.504 e. The van der Waals surface area contributed by atoms with E-state index in [4.69, 9.17) is 28.4 Å². The predicted molar refractivity (Wildman–Crippen MR) is 197 cm³/mol. The summed E-state index contributed by atoms with van der Waals surface area (Å²) in [4.78, 5) is 31.6. The minimum atomic E-state index is -1.37. The van der Waals surface area contributed by atoms with Crippen molar-refractivity contribution < 1.29 is 53.3 Å². The Morgan fingerprint density at radius 3 is 2.48 bits per heavy atom. The molecule has 6 aliphatic heterocycles. The molecule has 15 heteroatoms. The number of benzene rings is 3. The molecular formula is C39H45N3O11S.